The van der Waals surface area contributed by atoms with Crippen molar-refractivity contribution in [2.24, 2.45) is 0 Å². The summed E-state index contributed by atoms with van der Waals surface area (Å²) < 4.78 is 7.86. The van der Waals surface area contributed by atoms with Gasteiger partial charge < -0.3 is 15.4 Å². The summed E-state index contributed by atoms with van der Waals surface area (Å²) in [7, 11) is 0. The Bertz CT molecular complexity index is 1050. The number of thiophene rings is 1. The van der Waals surface area contributed by atoms with Crippen LogP contribution in [0.25, 0.3) is 16.8 Å². The number of carbonyl (C=O) groups excluding carboxylic acids is 1. The normalized spacial score (nSPS) is 17.7. The van der Waals surface area contributed by atoms with E-state index in [9.17, 15) is 4.79 Å². The van der Waals surface area contributed by atoms with Crippen molar-refractivity contribution in [3.8, 4) is 11.1 Å². The minimum absolute atomic E-state index is 0.0873. The number of nitrogen functional groups attached to an aromatic ring is 1. The highest BCUT2D eigenvalue weighted by atomic mass is 35.5. The van der Waals surface area contributed by atoms with E-state index in [0.29, 0.717) is 28.9 Å². The predicted molar refractivity (Wildman–Crippen MR) is 116 cm³/mol. The first-order valence-corrected chi connectivity index (χ1v) is 10.8. The van der Waals surface area contributed by atoms with Crippen molar-refractivity contribution in [2.75, 3.05) is 18.8 Å². The molecule has 0 bridgehead atoms. The maximum atomic E-state index is 12.5. The molecule has 1 fully saturated rings. The Morgan fingerprint density at radius 2 is 2.17 bits per heavy atom. The molecule has 1 amide bonds. The Labute approximate surface area is 178 Å². The van der Waals surface area contributed by atoms with Gasteiger partial charge in [-0.05, 0) is 45.1 Å². The van der Waals surface area contributed by atoms with Crippen LogP contribution in [0.1, 0.15) is 45.2 Å². The predicted octanol–water partition coefficient (Wildman–Crippen LogP) is 4.81. The summed E-state index contributed by atoms with van der Waals surface area (Å²) in [5, 5.41) is 6.31. The molecule has 0 saturated carbocycles. The van der Waals surface area contributed by atoms with Crippen LogP contribution in [-0.2, 0) is 4.74 Å². The van der Waals surface area contributed by atoms with Crippen molar-refractivity contribution >= 4 is 40.5 Å². The zero-order valence-electron chi connectivity index (χ0n) is 16.7. The van der Waals surface area contributed by atoms with Crippen LogP contribution in [0, 0.1) is 0 Å². The number of piperidine rings is 1. The Balaban J connectivity index is 1.65. The molecule has 0 aliphatic carbocycles. The first kappa shape index (κ1) is 20.0. The number of anilines is 1. The van der Waals surface area contributed by atoms with Gasteiger partial charge >= 0.3 is 6.09 Å². The number of aromatic nitrogens is 3. The topological polar surface area (TPSA) is 85.8 Å². The second kappa shape index (κ2) is 7.50. The summed E-state index contributed by atoms with van der Waals surface area (Å²) in [5.74, 6) is 0.598. The van der Waals surface area contributed by atoms with E-state index in [1.165, 1.54) is 11.3 Å². The maximum Gasteiger partial charge on any atom is 0.410 e. The van der Waals surface area contributed by atoms with Gasteiger partial charge in [-0.15, -0.1) is 11.3 Å². The van der Waals surface area contributed by atoms with Crippen molar-refractivity contribution in [1.82, 2.24) is 19.5 Å². The monoisotopic (exact) mass is 433 g/mol. The van der Waals surface area contributed by atoms with Crippen LogP contribution in [0.3, 0.4) is 0 Å². The highest BCUT2D eigenvalue weighted by molar-refractivity contribution is 7.15. The number of nitrogens with zero attached hydrogens (tertiary/aromatic N) is 4. The van der Waals surface area contributed by atoms with Gasteiger partial charge in [0.25, 0.3) is 0 Å². The summed E-state index contributed by atoms with van der Waals surface area (Å²) >= 11 is 7.80. The molecule has 154 valence electrons. The van der Waals surface area contributed by atoms with Gasteiger partial charge in [0.1, 0.15) is 15.8 Å². The molecular weight excluding hydrogens is 410 g/mol. The van der Waals surface area contributed by atoms with Gasteiger partial charge in [0.2, 0.25) is 0 Å². The fourth-order valence-electron chi connectivity index (χ4n) is 3.60. The van der Waals surface area contributed by atoms with E-state index in [4.69, 9.17) is 27.1 Å². The number of amides is 1. The number of hydrogen-bond donors (Lipinski definition) is 1. The average Bonchev–Trinajstić information content (AvgIpc) is 3.26. The van der Waals surface area contributed by atoms with E-state index < -0.39 is 5.60 Å². The number of likely N-dealkylation sites (tertiary alicyclic amines) is 1. The molecule has 1 aliphatic rings. The molecule has 0 aromatic carbocycles. The fourth-order valence-corrected chi connectivity index (χ4v) is 4.55. The van der Waals surface area contributed by atoms with E-state index in [1.54, 1.807) is 15.6 Å². The molecular formula is C20H24ClN5O2S. The summed E-state index contributed by atoms with van der Waals surface area (Å²) in [6.07, 6.45) is 3.28. The number of ether oxygens (including phenoxy) is 1. The number of nitrogens with two attached hydrogens (primary N) is 1. The molecule has 2 N–H and O–H groups in total. The van der Waals surface area contributed by atoms with Gasteiger partial charge in [0.05, 0.1) is 11.9 Å². The average molecular weight is 434 g/mol. The van der Waals surface area contributed by atoms with Gasteiger partial charge in [-0.3, -0.25) is 0 Å². The summed E-state index contributed by atoms with van der Waals surface area (Å²) in [5.41, 5.74) is 9.04. The Morgan fingerprint density at radius 1 is 1.38 bits per heavy atom. The van der Waals surface area contributed by atoms with Gasteiger partial charge in [0, 0.05) is 36.2 Å². The third-order valence-electron chi connectivity index (χ3n) is 4.92. The molecule has 3 aromatic heterocycles. The van der Waals surface area contributed by atoms with Crippen molar-refractivity contribution < 1.29 is 9.53 Å². The molecule has 4 rings (SSSR count). The lowest BCUT2D eigenvalue weighted by atomic mass is 9.94. The second-order valence-corrected chi connectivity index (χ2v) is 9.79. The van der Waals surface area contributed by atoms with Crippen molar-refractivity contribution in [1.29, 1.82) is 0 Å². The Morgan fingerprint density at radius 3 is 2.86 bits per heavy atom. The fraction of sp³-hybridized carbons (Fsp3) is 0.450. The van der Waals surface area contributed by atoms with Crippen LogP contribution in [0.2, 0.25) is 4.34 Å². The molecule has 1 saturated heterocycles. The van der Waals surface area contributed by atoms with E-state index in [0.717, 1.165) is 29.7 Å². The van der Waals surface area contributed by atoms with Crippen molar-refractivity contribution in [3.05, 3.63) is 33.7 Å². The summed E-state index contributed by atoms with van der Waals surface area (Å²) in [6, 6.07) is 3.81. The van der Waals surface area contributed by atoms with Crippen LogP contribution in [0.15, 0.2) is 23.7 Å². The van der Waals surface area contributed by atoms with Gasteiger partial charge in [-0.25, -0.2) is 9.78 Å². The highest BCUT2D eigenvalue weighted by Crippen LogP contribution is 2.36. The zero-order valence-corrected chi connectivity index (χ0v) is 18.3. The molecule has 29 heavy (non-hydrogen) atoms. The van der Waals surface area contributed by atoms with Crippen LogP contribution in [-0.4, -0.2) is 44.3 Å². The molecule has 7 nitrogen and oxygen atoms in total. The van der Waals surface area contributed by atoms with Crippen LogP contribution in [0.4, 0.5) is 10.6 Å². The maximum absolute atomic E-state index is 12.5. The van der Waals surface area contributed by atoms with Crippen molar-refractivity contribution in [2.45, 2.75) is 45.1 Å². The van der Waals surface area contributed by atoms with E-state index in [1.807, 2.05) is 38.3 Å². The highest BCUT2D eigenvalue weighted by Gasteiger charge is 2.29. The number of fused-ring (bicyclic) bond motifs is 1. The SMILES string of the molecule is CC(C)(C)OC(=O)N1CCCC(c2cc(N)n3ncc(-c4ccsc4Cl)c3n2)C1. The molecule has 1 aliphatic heterocycles. The van der Waals surface area contributed by atoms with E-state index in [2.05, 4.69) is 5.10 Å². The Kier molecular flexibility index (Phi) is 5.16. The van der Waals surface area contributed by atoms with Crippen LogP contribution >= 0.6 is 22.9 Å². The third-order valence-corrected chi connectivity index (χ3v) is 6.09. The first-order valence-electron chi connectivity index (χ1n) is 9.58. The standard InChI is InChI=1S/C20H24ClN5O2S/c1-20(2,3)28-19(27)25-7-4-5-12(11-25)15-9-16(22)26-18(24-15)14(10-23-26)13-6-8-29-17(13)21/h6,8-10,12H,4-5,7,11,22H2,1-3H3. The minimum Gasteiger partial charge on any atom is -0.444 e. The smallest absolute Gasteiger partial charge is 0.410 e. The molecule has 3 aromatic rings. The van der Waals surface area contributed by atoms with E-state index in [-0.39, 0.29) is 12.0 Å². The minimum atomic E-state index is -0.516. The molecule has 4 heterocycles. The lowest BCUT2D eigenvalue weighted by Gasteiger charge is -2.34. The zero-order chi connectivity index (χ0) is 20.8. The third kappa shape index (κ3) is 4.04. The number of rotatable bonds is 2. The van der Waals surface area contributed by atoms with E-state index >= 15 is 0 Å². The van der Waals surface area contributed by atoms with Gasteiger partial charge in [-0.2, -0.15) is 9.61 Å². The van der Waals surface area contributed by atoms with Gasteiger partial charge in [-0.1, -0.05) is 11.6 Å². The quantitative estimate of drug-likeness (QED) is 0.626. The molecule has 0 spiro atoms. The number of carbonyl (C=O) groups is 1. The van der Waals surface area contributed by atoms with Crippen LogP contribution in [0.5, 0.6) is 0 Å². The van der Waals surface area contributed by atoms with Crippen molar-refractivity contribution in [3.63, 3.8) is 0 Å². The Hall–Kier alpha value is -2.32. The summed E-state index contributed by atoms with van der Waals surface area (Å²) in [4.78, 5) is 19.1. The first-order chi connectivity index (χ1) is 13.7. The number of hydrogen-bond acceptors (Lipinski definition) is 6. The molecule has 1 unspecified atom stereocenters. The molecule has 0 radical (unpaired) electrons. The number of halogens is 1. The molecule has 1 atom stereocenters. The van der Waals surface area contributed by atoms with Crippen LogP contribution < -0.4 is 5.73 Å². The lowest BCUT2D eigenvalue weighted by Crippen LogP contribution is -2.42. The molecule has 9 heteroatoms. The largest absolute Gasteiger partial charge is 0.444 e. The second-order valence-electron chi connectivity index (χ2n) is 8.27. The van der Waals surface area contributed by atoms with Gasteiger partial charge in [0.15, 0.2) is 5.65 Å². The lowest BCUT2D eigenvalue weighted by molar-refractivity contribution is 0.0197. The summed E-state index contributed by atoms with van der Waals surface area (Å²) in [6.45, 7) is 6.86.